The fraction of sp³-hybridized carbons (Fsp3) is 0.867. The lowest BCUT2D eigenvalue weighted by Crippen LogP contribution is -2.59. The van der Waals surface area contributed by atoms with Gasteiger partial charge in [-0.25, -0.2) is 4.79 Å². The number of rotatable bonds is 1. The van der Waals surface area contributed by atoms with Crippen LogP contribution in [0.4, 0.5) is 4.79 Å². The second kappa shape index (κ2) is 5.62. The first-order chi connectivity index (χ1) is 8.91. The molecule has 1 aliphatic rings. The minimum Gasteiger partial charge on any atom is -0.444 e. The summed E-state index contributed by atoms with van der Waals surface area (Å²) in [5.74, 6) is -0.00275. The van der Waals surface area contributed by atoms with Crippen LogP contribution in [0, 0.1) is 5.41 Å². The second-order valence-electron chi connectivity index (χ2n) is 7.71. The minimum atomic E-state index is -0.546. The molecule has 20 heavy (non-hydrogen) atoms. The van der Waals surface area contributed by atoms with E-state index in [1.807, 2.05) is 20.8 Å². The highest BCUT2D eigenvalue weighted by Gasteiger charge is 2.39. The van der Waals surface area contributed by atoms with Crippen LogP contribution in [0.2, 0.25) is 0 Å². The Morgan fingerprint density at radius 3 is 2.20 bits per heavy atom. The van der Waals surface area contributed by atoms with Gasteiger partial charge in [0.25, 0.3) is 0 Å². The van der Waals surface area contributed by atoms with Gasteiger partial charge < -0.3 is 9.64 Å². The van der Waals surface area contributed by atoms with Crippen molar-refractivity contribution in [2.75, 3.05) is 20.1 Å². The average molecular weight is 284 g/mol. The topological polar surface area (TPSA) is 49.9 Å². The fourth-order valence-corrected chi connectivity index (χ4v) is 2.23. The van der Waals surface area contributed by atoms with E-state index in [-0.39, 0.29) is 11.3 Å². The van der Waals surface area contributed by atoms with Crippen molar-refractivity contribution in [2.24, 2.45) is 5.41 Å². The number of piperazine rings is 1. The molecule has 1 aliphatic heterocycles. The van der Waals surface area contributed by atoms with Crippen molar-refractivity contribution in [3.63, 3.8) is 0 Å². The molecule has 0 aromatic carbocycles. The van der Waals surface area contributed by atoms with E-state index < -0.39 is 17.7 Å². The maximum Gasteiger partial charge on any atom is 0.411 e. The number of ether oxygens (including phenoxy) is 1. The van der Waals surface area contributed by atoms with Gasteiger partial charge in [0.15, 0.2) is 0 Å². The zero-order valence-electron chi connectivity index (χ0n) is 13.8. The maximum atomic E-state index is 12.4. The van der Waals surface area contributed by atoms with E-state index in [9.17, 15) is 9.59 Å². The number of nitrogens with zero attached hydrogens (tertiary/aromatic N) is 2. The monoisotopic (exact) mass is 284 g/mol. The van der Waals surface area contributed by atoms with Crippen LogP contribution >= 0.6 is 0 Å². The lowest BCUT2D eigenvalue weighted by atomic mass is 9.86. The molecule has 116 valence electrons. The molecule has 0 spiro atoms. The third-order valence-corrected chi connectivity index (χ3v) is 3.15. The predicted octanol–water partition coefficient (Wildman–Crippen LogP) is 2.50. The minimum absolute atomic E-state index is 0.00275. The van der Waals surface area contributed by atoms with Gasteiger partial charge in [-0.05, 0) is 32.6 Å². The third-order valence-electron chi connectivity index (χ3n) is 3.15. The van der Waals surface area contributed by atoms with Crippen molar-refractivity contribution in [2.45, 2.75) is 59.6 Å². The molecular weight excluding hydrogens is 256 g/mol. The van der Waals surface area contributed by atoms with E-state index >= 15 is 0 Å². The maximum absolute atomic E-state index is 12.4. The lowest BCUT2D eigenvalue weighted by Gasteiger charge is -2.41. The van der Waals surface area contributed by atoms with Gasteiger partial charge in [-0.1, -0.05) is 20.8 Å². The second-order valence-corrected chi connectivity index (χ2v) is 7.71. The molecule has 1 rings (SSSR count). The first kappa shape index (κ1) is 16.8. The van der Waals surface area contributed by atoms with Crippen LogP contribution < -0.4 is 0 Å². The zero-order chi connectivity index (χ0) is 15.7. The van der Waals surface area contributed by atoms with E-state index in [0.717, 1.165) is 0 Å². The predicted molar refractivity (Wildman–Crippen MR) is 78.4 cm³/mol. The highest BCUT2D eigenvalue weighted by atomic mass is 16.6. The lowest BCUT2D eigenvalue weighted by molar-refractivity contribution is -0.141. The van der Waals surface area contributed by atoms with Gasteiger partial charge in [0, 0.05) is 20.1 Å². The Hall–Kier alpha value is -1.26. The quantitative estimate of drug-likeness (QED) is 0.743. The van der Waals surface area contributed by atoms with Gasteiger partial charge in [-0.15, -0.1) is 0 Å². The molecule has 5 heteroatoms. The molecular formula is C15H28N2O3. The molecule has 1 saturated heterocycles. The summed E-state index contributed by atoms with van der Waals surface area (Å²) in [6, 6.07) is -0.427. The molecule has 5 nitrogen and oxygen atoms in total. The molecule has 1 heterocycles. The molecule has 0 aromatic rings. The molecule has 0 aromatic heterocycles. The normalized spacial score (nSPS) is 21.1. The van der Waals surface area contributed by atoms with Gasteiger partial charge in [0.2, 0.25) is 5.91 Å². The van der Waals surface area contributed by atoms with E-state index in [2.05, 4.69) is 20.8 Å². The molecule has 0 bridgehead atoms. The SMILES string of the molecule is CN1CCN(C(=O)OC(C)(C)C)C(CC(C)(C)C)C1=O. The molecule has 1 atom stereocenters. The summed E-state index contributed by atoms with van der Waals surface area (Å²) >= 11 is 0. The van der Waals surface area contributed by atoms with Crippen molar-refractivity contribution in [3.8, 4) is 0 Å². The van der Waals surface area contributed by atoms with Gasteiger partial charge in [-0.2, -0.15) is 0 Å². The van der Waals surface area contributed by atoms with Crippen LogP contribution in [0.1, 0.15) is 48.0 Å². The summed E-state index contributed by atoms with van der Waals surface area (Å²) in [4.78, 5) is 27.9. The average Bonchev–Trinajstić information content (AvgIpc) is 2.20. The van der Waals surface area contributed by atoms with Crippen LogP contribution in [0.15, 0.2) is 0 Å². The Bertz CT molecular complexity index is 380. The van der Waals surface area contributed by atoms with Crippen molar-refractivity contribution in [3.05, 3.63) is 0 Å². The van der Waals surface area contributed by atoms with Gasteiger partial charge in [-0.3, -0.25) is 9.69 Å². The van der Waals surface area contributed by atoms with Crippen LogP contribution in [0.25, 0.3) is 0 Å². The Labute approximate surface area is 122 Å². The Balaban J connectivity index is 2.91. The van der Waals surface area contributed by atoms with Crippen LogP contribution in [0.3, 0.4) is 0 Å². The summed E-state index contributed by atoms with van der Waals surface area (Å²) in [7, 11) is 1.78. The summed E-state index contributed by atoms with van der Waals surface area (Å²) in [6.07, 6.45) is 0.239. The Kier molecular flexibility index (Phi) is 4.72. The summed E-state index contributed by atoms with van der Waals surface area (Å²) in [5, 5.41) is 0. The third kappa shape index (κ3) is 4.69. The van der Waals surface area contributed by atoms with Gasteiger partial charge >= 0.3 is 6.09 Å². The van der Waals surface area contributed by atoms with Crippen molar-refractivity contribution in [1.82, 2.24) is 9.80 Å². The molecule has 1 fully saturated rings. The molecule has 0 aliphatic carbocycles. The molecule has 0 radical (unpaired) electrons. The first-order valence-electron chi connectivity index (χ1n) is 7.15. The highest BCUT2D eigenvalue weighted by Crippen LogP contribution is 2.27. The first-order valence-corrected chi connectivity index (χ1v) is 7.15. The van der Waals surface area contributed by atoms with E-state index in [4.69, 9.17) is 4.74 Å². The molecule has 2 amide bonds. The van der Waals surface area contributed by atoms with Crippen LogP contribution in [-0.2, 0) is 9.53 Å². The van der Waals surface area contributed by atoms with E-state index in [0.29, 0.717) is 19.5 Å². The summed E-state index contributed by atoms with van der Waals surface area (Å²) in [5.41, 5.74) is -0.575. The molecule has 0 saturated carbocycles. The number of carbonyl (C=O) groups is 2. The number of hydrogen-bond donors (Lipinski definition) is 0. The summed E-state index contributed by atoms with van der Waals surface area (Å²) in [6.45, 7) is 12.8. The Morgan fingerprint density at radius 1 is 1.20 bits per heavy atom. The van der Waals surface area contributed by atoms with Gasteiger partial charge in [0.1, 0.15) is 11.6 Å². The zero-order valence-corrected chi connectivity index (χ0v) is 13.8. The number of hydrogen-bond acceptors (Lipinski definition) is 3. The van der Waals surface area contributed by atoms with Crippen molar-refractivity contribution < 1.29 is 14.3 Å². The standard InChI is InChI=1S/C15H28N2O3/c1-14(2,3)10-11-12(18)16(7)8-9-17(11)13(19)20-15(4,5)6/h11H,8-10H2,1-7H3. The number of likely N-dealkylation sites (N-methyl/N-ethyl adjacent to an activating group) is 1. The van der Waals surface area contributed by atoms with Crippen molar-refractivity contribution >= 4 is 12.0 Å². The number of carbonyl (C=O) groups excluding carboxylic acids is 2. The fourth-order valence-electron chi connectivity index (χ4n) is 2.23. The highest BCUT2D eigenvalue weighted by molar-refractivity contribution is 5.86. The summed E-state index contributed by atoms with van der Waals surface area (Å²) < 4.78 is 5.42. The van der Waals surface area contributed by atoms with Gasteiger partial charge in [0.05, 0.1) is 0 Å². The largest absolute Gasteiger partial charge is 0.444 e. The van der Waals surface area contributed by atoms with E-state index in [1.165, 1.54) is 0 Å². The van der Waals surface area contributed by atoms with Crippen LogP contribution in [0.5, 0.6) is 0 Å². The molecule has 1 unspecified atom stereocenters. The Morgan fingerprint density at radius 2 is 1.75 bits per heavy atom. The van der Waals surface area contributed by atoms with Crippen molar-refractivity contribution in [1.29, 1.82) is 0 Å². The smallest absolute Gasteiger partial charge is 0.411 e. The number of amides is 2. The van der Waals surface area contributed by atoms with Crippen LogP contribution in [-0.4, -0.2) is 53.6 Å². The van der Waals surface area contributed by atoms with E-state index in [1.54, 1.807) is 16.8 Å². The molecule has 0 N–H and O–H groups in total.